The average molecular weight is 345 g/mol. The molecule has 24 heavy (non-hydrogen) atoms. The summed E-state index contributed by atoms with van der Waals surface area (Å²) in [4.78, 5) is 24.5. The Bertz CT molecular complexity index is 713. The first-order chi connectivity index (χ1) is 11.6. The first-order valence-corrected chi connectivity index (χ1v) is 8.90. The number of nitrogens with one attached hydrogen (secondary N) is 1. The predicted molar refractivity (Wildman–Crippen MR) is 90.9 cm³/mol. The maximum atomic E-state index is 12.4. The van der Waals surface area contributed by atoms with E-state index in [-0.39, 0.29) is 17.9 Å². The van der Waals surface area contributed by atoms with Gasteiger partial charge in [0.05, 0.1) is 12.2 Å². The van der Waals surface area contributed by atoms with E-state index in [1.807, 2.05) is 30.3 Å². The number of carboxylic acids is 1. The summed E-state index contributed by atoms with van der Waals surface area (Å²) in [6.45, 7) is 0. The molecular formula is C18H19NO4S. The molecule has 0 saturated heterocycles. The number of hydrogen-bond donors (Lipinski definition) is 2. The summed E-state index contributed by atoms with van der Waals surface area (Å²) in [6, 6.07) is 11.7. The van der Waals surface area contributed by atoms with E-state index in [0.717, 1.165) is 10.5 Å². The molecule has 3 rings (SSSR count). The molecule has 6 heteroatoms. The largest absolute Gasteiger partial charge is 0.481 e. The number of carbonyl (C=O) groups excluding carboxylic acids is 1. The van der Waals surface area contributed by atoms with E-state index >= 15 is 0 Å². The SMILES string of the molecule is O=C(N[C@H]1CC[C@@H](C(=O)O)C1)c1occc1CSc1ccccc1. The highest BCUT2D eigenvalue weighted by Crippen LogP contribution is 2.27. The van der Waals surface area contributed by atoms with E-state index in [1.165, 1.54) is 6.26 Å². The van der Waals surface area contributed by atoms with Crippen molar-refractivity contribution in [1.82, 2.24) is 5.32 Å². The van der Waals surface area contributed by atoms with Crippen LogP contribution < -0.4 is 5.32 Å². The van der Waals surface area contributed by atoms with E-state index < -0.39 is 5.97 Å². The van der Waals surface area contributed by atoms with Gasteiger partial charge in [-0.05, 0) is 37.5 Å². The molecule has 1 heterocycles. The summed E-state index contributed by atoms with van der Waals surface area (Å²) in [5, 5.41) is 11.9. The van der Waals surface area contributed by atoms with Crippen molar-refractivity contribution in [3.8, 4) is 0 Å². The molecule has 2 atom stereocenters. The van der Waals surface area contributed by atoms with Crippen LogP contribution in [0.5, 0.6) is 0 Å². The Morgan fingerprint density at radius 3 is 2.71 bits per heavy atom. The summed E-state index contributed by atoms with van der Waals surface area (Å²) < 4.78 is 5.36. The zero-order valence-corrected chi connectivity index (χ0v) is 13.9. The predicted octanol–water partition coefficient (Wildman–Crippen LogP) is 3.56. The topological polar surface area (TPSA) is 79.5 Å². The van der Waals surface area contributed by atoms with Gasteiger partial charge in [-0.2, -0.15) is 0 Å². The van der Waals surface area contributed by atoms with Crippen LogP contribution in [0.4, 0.5) is 0 Å². The number of furan rings is 1. The van der Waals surface area contributed by atoms with Crippen LogP contribution in [0.25, 0.3) is 0 Å². The van der Waals surface area contributed by atoms with Crippen molar-refractivity contribution in [2.75, 3.05) is 0 Å². The molecule has 1 fully saturated rings. The van der Waals surface area contributed by atoms with Crippen molar-refractivity contribution >= 4 is 23.6 Å². The minimum absolute atomic E-state index is 0.0988. The third-order valence-electron chi connectivity index (χ3n) is 4.21. The maximum absolute atomic E-state index is 12.4. The molecule has 2 aromatic rings. The molecule has 0 radical (unpaired) electrons. The Morgan fingerprint density at radius 1 is 1.21 bits per heavy atom. The van der Waals surface area contributed by atoms with Crippen LogP contribution in [0, 0.1) is 5.92 Å². The monoisotopic (exact) mass is 345 g/mol. The van der Waals surface area contributed by atoms with Crippen molar-refractivity contribution in [2.24, 2.45) is 5.92 Å². The Labute approximate surface area is 144 Å². The van der Waals surface area contributed by atoms with Gasteiger partial charge in [0.15, 0.2) is 5.76 Å². The van der Waals surface area contributed by atoms with Gasteiger partial charge in [-0.15, -0.1) is 11.8 Å². The fourth-order valence-electron chi connectivity index (χ4n) is 2.91. The standard InChI is InChI=1S/C18H19NO4S/c20-17(19-14-7-6-12(10-14)18(21)22)16-13(8-9-23-16)11-24-15-4-2-1-3-5-15/h1-5,8-9,12,14H,6-7,10-11H2,(H,19,20)(H,21,22)/t12-,14+/m1/s1. The lowest BCUT2D eigenvalue weighted by atomic mass is 10.1. The number of carbonyl (C=O) groups is 2. The minimum Gasteiger partial charge on any atom is -0.481 e. The van der Waals surface area contributed by atoms with Gasteiger partial charge in [-0.3, -0.25) is 9.59 Å². The van der Waals surface area contributed by atoms with Gasteiger partial charge in [-0.25, -0.2) is 0 Å². The van der Waals surface area contributed by atoms with E-state index in [2.05, 4.69) is 5.32 Å². The second kappa shape index (κ2) is 7.57. The summed E-state index contributed by atoms with van der Waals surface area (Å²) >= 11 is 1.64. The van der Waals surface area contributed by atoms with Gasteiger partial charge in [0.2, 0.25) is 0 Å². The van der Waals surface area contributed by atoms with Crippen molar-refractivity contribution in [3.05, 3.63) is 54.0 Å². The fraction of sp³-hybridized carbons (Fsp3) is 0.333. The number of aliphatic carboxylic acids is 1. The number of hydrogen-bond acceptors (Lipinski definition) is 4. The molecule has 2 N–H and O–H groups in total. The van der Waals surface area contributed by atoms with Crippen molar-refractivity contribution in [2.45, 2.75) is 36.0 Å². The fourth-order valence-corrected chi connectivity index (χ4v) is 3.81. The first kappa shape index (κ1) is 16.6. The molecule has 1 aromatic carbocycles. The zero-order valence-electron chi connectivity index (χ0n) is 13.1. The molecule has 0 unspecified atom stereocenters. The highest BCUT2D eigenvalue weighted by atomic mass is 32.2. The van der Waals surface area contributed by atoms with Crippen LogP contribution in [0.3, 0.4) is 0 Å². The molecule has 1 saturated carbocycles. The summed E-state index contributed by atoms with van der Waals surface area (Å²) in [5.41, 5.74) is 0.842. The zero-order chi connectivity index (χ0) is 16.9. The van der Waals surface area contributed by atoms with Gasteiger partial charge in [0.1, 0.15) is 0 Å². The second-order valence-electron chi connectivity index (χ2n) is 5.90. The molecule has 0 bridgehead atoms. The minimum atomic E-state index is -0.787. The van der Waals surface area contributed by atoms with Gasteiger partial charge in [0.25, 0.3) is 5.91 Å². The average Bonchev–Trinajstić information content (AvgIpc) is 3.23. The third kappa shape index (κ3) is 4.00. The quantitative estimate of drug-likeness (QED) is 0.783. The molecule has 126 valence electrons. The maximum Gasteiger partial charge on any atom is 0.306 e. The van der Waals surface area contributed by atoms with Crippen LogP contribution in [0.15, 0.2) is 52.0 Å². The second-order valence-corrected chi connectivity index (χ2v) is 6.94. The van der Waals surface area contributed by atoms with Gasteiger partial charge >= 0.3 is 5.97 Å². The molecule has 1 aromatic heterocycles. The van der Waals surface area contributed by atoms with Crippen molar-refractivity contribution in [3.63, 3.8) is 0 Å². The number of amides is 1. The number of thioether (sulfide) groups is 1. The molecule has 1 aliphatic carbocycles. The number of carboxylic acid groups (broad SMARTS) is 1. The third-order valence-corrected chi connectivity index (χ3v) is 5.27. The van der Waals surface area contributed by atoms with Gasteiger partial charge in [0, 0.05) is 22.3 Å². The molecule has 0 aliphatic heterocycles. The highest BCUT2D eigenvalue weighted by Gasteiger charge is 2.31. The Morgan fingerprint density at radius 2 is 2.00 bits per heavy atom. The van der Waals surface area contributed by atoms with E-state index in [4.69, 9.17) is 9.52 Å². The van der Waals surface area contributed by atoms with Crippen LogP contribution in [-0.2, 0) is 10.5 Å². The molecule has 1 amide bonds. The van der Waals surface area contributed by atoms with E-state index in [0.29, 0.717) is 30.8 Å². The lowest BCUT2D eigenvalue weighted by Gasteiger charge is -2.12. The van der Waals surface area contributed by atoms with E-state index in [9.17, 15) is 9.59 Å². The van der Waals surface area contributed by atoms with Crippen LogP contribution in [0.1, 0.15) is 35.4 Å². The lowest BCUT2D eigenvalue weighted by Crippen LogP contribution is -2.33. The summed E-state index contributed by atoms with van der Waals surface area (Å²) in [5.74, 6) is -0.451. The number of rotatable bonds is 6. The highest BCUT2D eigenvalue weighted by molar-refractivity contribution is 7.98. The molecule has 5 nitrogen and oxygen atoms in total. The van der Waals surface area contributed by atoms with Crippen molar-refractivity contribution in [1.29, 1.82) is 0 Å². The molecule has 0 spiro atoms. The van der Waals surface area contributed by atoms with E-state index in [1.54, 1.807) is 17.8 Å². The molecule has 1 aliphatic rings. The first-order valence-electron chi connectivity index (χ1n) is 7.91. The molecular weight excluding hydrogens is 326 g/mol. The Balaban J connectivity index is 1.58. The number of benzene rings is 1. The smallest absolute Gasteiger partial charge is 0.306 e. The van der Waals surface area contributed by atoms with Crippen LogP contribution in [-0.4, -0.2) is 23.0 Å². The van der Waals surface area contributed by atoms with Crippen molar-refractivity contribution < 1.29 is 19.1 Å². The summed E-state index contributed by atoms with van der Waals surface area (Å²) in [6.07, 6.45) is 3.30. The Hall–Kier alpha value is -2.21. The van der Waals surface area contributed by atoms with Gasteiger partial charge < -0.3 is 14.8 Å². The van der Waals surface area contributed by atoms with Crippen LogP contribution in [0.2, 0.25) is 0 Å². The normalized spacial score (nSPS) is 20.0. The lowest BCUT2D eigenvalue weighted by molar-refractivity contribution is -0.141. The van der Waals surface area contributed by atoms with Gasteiger partial charge in [-0.1, -0.05) is 18.2 Å². The summed E-state index contributed by atoms with van der Waals surface area (Å²) in [7, 11) is 0. The van der Waals surface area contributed by atoms with Crippen LogP contribution >= 0.6 is 11.8 Å². The Kier molecular flexibility index (Phi) is 5.25.